The van der Waals surface area contributed by atoms with E-state index in [-0.39, 0.29) is 18.5 Å². The molecule has 0 aliphatic rings. The zero-order valence-corrected chi connectivity index (χ0v) is 12.1. The highest BCUT2D eigenvalue weighted by Crippen LogP contribution is 2.30. The van der Waals surface area contributed by atoms with Gasteiger partial charge in [0, 0.05) is 24.9 Å². The molecule has 0 saturated carbocycles. The normalized spacial score (nSPS) is 10.4. The maximum absolute atomic E-state index is 13.6. The third-order valence-corrected chi connectivity index (χ3v) is 3.68. The second-order valence-electron chi connectivity index (χ2n) is 4.32. The quantitative estimate of drug-likeness (QED) is 0.718. The molecule has 0 saturated heterocycles. The molecule has 0 bridgehead atoms. The van der Waals surface area contributed by atoms with Crippen molar-refractivity contribution >= 4 is 22.5 Å². The number of unbranched alkanes of at least 4 members (excludes halogenated alkanes) is 1. The molecule has 1 heterocycles. The number of benzene rings is 1. The van der Waals surface area contributed by atoms with E-state index >= 15 is 0 Å². The van der Waals surface area contributed by atoms with Crippen LogP contribution < -0.4 is 10.6 Å². The van der Waals surface area contributed by atoms with Crippen molar-refractivity contribution in [3.63, 3.8) is 0 Å². The minimum absolute atomic E-state index is 0.113. The maximum Gasteiger partial charge on any atom is 0.321 e. The first-order chi connectivity index (χ1) is 10.2. The molecule has 2 aromatic rings. The van der Waals surface area contributed by atoms with Gasteiger partial charge in [-0.25, -0.2) is 14.2 Å². The van der Waals surface area contributed by atoms with Gasteiger partial charge >= 0.3 is 6.03 Å². The Morgan fingerprint density at radius 1 is 1.33 bits per heavy atom. The summed E-state index contributed by atoms with van der Waals surface area (Å²) in [6, 6.07) is 6.07. The Morgan fingerprint density at radius 2 is 2.14 bits per heavy atom. The highest BCUT2D eigenvalue weighted by Gasteiger charge is 2.10. The first-order valence-corrected chi connectivity index (χ1v) is 7.39. The number of carbonyl (C=O) groups excluding carboxylic acids is 1. The summed E-state index contributed by atoms with van der Waals surface area (Å²) in [5.74, 6) is -0.318. The Hall–Kier alpha value is -1.99. The number of carbonyl (C=O) groups is 1. The zero-order valence-electron chi connectivity index (χ0n) is 11.3. The molecule has 1 aromatic carbocycles. The fourth-order valence-electron chi connectivity index (χ4n) is 1.70. The number of rotatable bonds is 6. The summed E-state index contributed by atoms with van der Waals surface area (Å²) in [4.78, 5) is 16.3. The van der Waals surface area contributed by atoms with Gasteiger partial charge in [-0.15, -0.1) is 0 Å². The Labute approximate surface area is 125 Å². The van der Waals surface area contributed by atoms with E-state index in [0.717, 1.165) is 0 Å². The van der Waals surface area contributed by atoms with Crippen molar-refractivity contribution in [1.82, 2.24) is 10.3 Å². The first-order valence-electron chi connectivity index (χ1n) is 6.57. The number of anilines is 1. The Morgan fingerprint density at radius 3 is 2.90 bits per heavy atom. The number of hydrogen-bond acceptors (Lipinski definition) is 4. The Balaban J connectivity index is 1.91. The average molecular weight is 309 g/mol. The number of thiazole rings is 1. The van der Waals surface area contributed by atoms with Crippen LogP contribution in [0.1, 0.15) is 12.8 Å². The highest BCUT2D eigenvalue weighted by atomic mass is 32.1. The third kappa shape index (κ3) is 4.51. The van der Waals surface area contributed by atoms with Crippen LogP contribution in [0.4, 0.5) is 14.3 Å². The lowest BCUT2D eigenvalue weighted by Gasteiger charge is -2.04. The molecule has 0 unspecified atom stereocenters. The summed E-state index contributed by atoms with van der Waals surface area (Å²) in [6.45, 7) is 0.597. The molecule has 0 spiro atoms. The summed E-state index contributed by atoms with van der Waals surface area (Å²) in [7, 11) is 0. The molecular formula is C14H16FN3O2S. The van der Waals surface area contributed by atoms with E-state index in [1.165, 1.54) is 23.6 Å². The second kappa shape index (κ2) is 7.70. The number of urea groups is 1. The van der Waals surface area contributed by atoms with Crippen molar-refractivity contribution < 1.29 is 14.3 Å². The minimum atomic E-state index is -0.359. The standard InChI is InChI=1S/C14H16FN3O2S/c15-11-6-2-1-5-10(11)12-9-17-14(21-12)18-13(20)16-7-3-4-8-19/h1-2,5-6,9,19H,3-4,7-8H2,(H2,16,17,18,20). The zero-order chi connectivity index (χ0) is 15.1. The van der Waals surface area contributed by atoms with Crippen LogP contribution in [-0.2, 0) is 0 Å². The topological polar surface area (TPSA) is 74.2 Å². The van der Waals surface area contributed by atoms with Gasteiger partial charge < -0.3 is 10.4 Å². The van der Waals surface area contributed by atoms with Crippen LogP contribution in [0, 0.1) is 5.82 Å². The smallest absolute Gasteiger partial charge is 0.321 e. The van der Waals surface area contributed by atoms with Gasteiger partial charge in [0.25, 0.3) is 0 Å². The van der Waals surface area contributed by atoms with Crippen molar-refractivity contribution in [3.05, 3.63) is 36.3 Å². The SMILES string of the molecule is O=C(NCCCCO)Nc1ncc(-c2ccccc2F)s1. The molecule has 0 aliphatic heterocycles. The predicted octanol–water partition coefficient (Wildman–Crippen LogP) is 2.84. The number of aliphatic hydroxyl groups excluding tert-OH is 1. The summed E-state index contributed by atoms with van der Waals surface area (Å²) in [5.41, 5.74) is 0.464. The van der Waals surface area contributed by atoms with Gasteiger partial charge in [-0.3, -0.25) is 5.32 Å². The van der Waals surface area contributed by atoms with Gasteiger partial charge in [0.2, 0.25) is 0 Å². The van der Waals surface area contributed by atoms with Crippen LogP contribution in [0.5, 0.6) is 0 Å². The number of aromatic nitrogens is 1. The van der Waals surface area contributed by atoms with Gasteiger partial charge in [0.1, 0.15) is 5.82 Å². The lowest BCUT2D eigenvalue weighted by atomic mass is 10.2. The Bertz CT molecular complexity index is 603. The van der Waals surface area contributed by atoms with E-state index in [0.29, 0.717) is 35.0 Å². The van der Waals surface area contributed by atoms with Gasteiger partial charge in [0.15, 0.2) is 5.13 Å². The van der Waals surface area contributed by atoms with E-state index in [2.05, 4.69) is 15.6 Å². The second-order valence-corrected chi connectivity index (χ2v) is 5.35. The van der Waals surface area contributed by atoms with Crippen LogP contribution in [0.2, 0.25) is 0 Å². The molecule has 112 valence electrons. The lowest BCUT2D eigenvalue weighted by Crippen LogP contribution is -2.29. The fraction of sp³-hybridized carbons (Fsp3) is 0.286. The van der Waals surface area contributed by atoms with Crippen LogP contribution in [0.25, 0.3) is 10.4 Å². The van der Waals surface area contributed by atoms with Gasteiger partial charge in [-0.1, -0.05) is 29.5 Å². The molecule has 2 amide bonds. The fourth-order valence-corrected chi connectivity index (χ4v) is 2.54. The van der Waals surface area contributed by atoms with Crippen LogP contribution in [0.3, 0.4) is 0 Å². The summed E-state index contributed by atoms with van der Waals surface area (Å²) in [6.07, 6.45) is 2.89. The molecule has 0 aliphatic carbocycles. The van der Waals surface area contributed by atoms with Crippen molar-refractivity contribution in [2.24, 2.45) is 0 Å². The largest absolute Gasteiger partial charge is 0.396 e. The third-order valence-electron chi connectivity index (χ3n) is 2.74. The summed E-state index contributed by atoms with van der Waals surface area (Å²) in [5, 5.41) is 14.3. The van der Waals surface area contributed by atoms with Gasteiger partial charge in [-0.05, 0) is 18.9 Å². The predicted molar refractivity (Wildman–Crippen MR) is 80.8 cm³/mol. The lowest BCUT2D eigenvalue weighted by molar-refractivity contribution is 0.250. The first kappa shape index (κ1) is 15.4. The van der Waals surface area contributed by atoms with Crippen LogP contribution >= 0.6 is 11.3 Å². The van der Waals surface area contributed by atoms with Gasteiger partial charge in [-0.2, -0.15) is 0 Å². The van der Waals surface area contributed by atoms with E-state index < -0.39 is 0 Å². The van der Waals surface area contributed by atoms with Crippen molar-refractivity contribution in [3.8, 4) is 10.4 Å². The monoisotopic (exact) mass is 309 g/mol. The molecule has 3 N–H and O–H groups in total. The van der Waals surface area contributed by atoms with Crippen LogP contribution in [0.15, 0.2) is 30.5 Å². The van der Waals surface area contributed by atoms with E-state index in [4.69, 9.17) is 5.11 Å². The number of halogens is 1. The molecule has 2 rings (SSSR count). The highest BCUT2D eigenvalue weighted by molar-refractivity contribution is 7.19. The van der Waals surface area contributed by atoms with Crippen molar-refractivity contribution in [2.75, 3.05) is 18.5 Å². The van der Waals surface area contributed by atoms with E-state index in [1.807, 2.05) is 0 Å². The molecule has 0 radical (unpaired) electrons. The summed E-state index contributed by atoms with van der Waals surface area (Å²) < 4.78 is 13.6. The maximum atomic E-state index is 13.6. The Kier molecular flexibility index (Phi) is 5.65. The number of aliphatic hydroxyl groups is 1. The number of nitrogens with zero attached hydrogens (tertiary/aromatic N) is 1. The number of hydrogen-bond donors (Lipinski definition) is 3. The van der Waals surface area contributed by atoms with Gasteiger partial charge in [0.05, 0.1) is 4.88 Å². The minimum Gasteiger partial charge on any atom is -0.396 e. The number of amides is 2. The molecule has 0 fully saturated rings. The molecule has 1 aromatic heterocycles. The van der Waals surface area contributed by atoms with Crippen molar-refractivity contribution in [2.45, 2.75) is 12.8 Å². The van der Waals surface area contributed by atoms with Crippen molar-refractivity contribution in [1.29, 1.82) is 0 Å². The van der Waals surface area contributed by atoms with E-state index in [9.17, 15) is 9.18 Å². The number of nitrogens with one attached hydrogen (secondary N) is 2. The molecule has 7 heteroatoms. The molecular weight excluding hydrogens is 293 g/mol. The molecule has 0 atom stereocenters. The molecule has 5 nitrogen and oxygen atoms in total. The molecule has 21 heavy (non-hydrogen) atoms. The van der Waals surface area contributed by atoms with Crippen LogP contribution in [-0.4, -0.2) is 29.3 Å². The van der Waals surface area contributed by atoms with E-state index in [1.54, 1.807) is 18.2 Å². The average Bonchev–Trinajstić information content (AvgIpc) is 2.92. The summed E-state index contributed by atoms with van der Waals surface area (Å²) >= 11 is 1.21.